The molecule has 2 N–H and O–H groups in total. The van der Waals surface area contributed by atoms with Crippen LogP contribution in [0.1, 0.15) is 38.5 Å². The predicted octanol–water partition coefficient (Wildman–Crippen LogP) is 3.81. The van der Waals surface area contributed by atoms with Crippen LogP contribution in [-0.4, -0.2) is 17.0 Å². The molecule has 0 aliphatic heterocycles. The summed E-state index contributed by atoms with van der Waals surface area (Å²) in [6, 6.07) is 7.39. The van der Waals surface area contributed by atoms with E-state index in [4.69, 9.17) is 5.11 Å². The van der Waals surface area contributed by atoms with E-state index < -0.39 is 5.97 Å². The fourth-order valence-electron chi connectivity index (χ4n) is 2.97. The molecule has 0 bridgehead atoms. The van der Waals surface area contributed by atoms with Gasteiger partial charge in [0.15, 0.2) is 0 Å². The third-order valence-corrected chi connectivity index (χ3v) is 4.33. The second kappa shape index (κ2) is 6.39. The Morgan fingerprint density at radius 2 is 1.95 bits per heavy atom. The number of amides is 1. The lowest BCUT2D eigenvalue weighted by molar-refractivity contribution is -0.140. The molecule has 108 valence electrons. The summed E-state index contributed by atoms with van der Waals surface area (Å²) in [6.45, 7) is 0. The Labute approximate surface area is 126 Å². The number of hydrogen-bond acceptors (Lipinski definition) is 2. The number of carboxylic acids is 1. The van der Waals surface area contributed by atoms with Gasteiger partial charge in [-0.2, -0.15) is 0 Å². The number of hydrogen-bond donors (Lipinski definition) is 2. The van der Waals surface area contributed by atoms with E-state index in [1.165, 1.54) is 0 Å². The van der Waals surface area contributed by atoms with Crippen molar-refractivity contribution in [2.24, 2.45) is 5.41 Å². The molecule has 0 radical (unpaired) electrons. The van der Waals surface area contributed by atoms with E-state index in [0.29, 0.717) is 0 Å². The molecule has 20 heavy (non-hydrogen) atoms. The number of carbonyl (C=O) groups is 2. The minimum Gasteiger partial charge on any atom is -0.481 e. The summed E-state index contributed by atoms with van der Waals surface area (Å²) in [5.74, 6) is -0.923. The minimum absolute atomic E-state index is 0.0822. The lowest BCUT2D eigenvalue weighted by Gasteiger charge is -2.26. The van der Waals surface area contributed by atoms with Crippen molar-refractivity contribution < 1.29 is 14.7 Å². The summed E-state index contributed by atoms with van der Waals surface area (Å²) in [4.78, 5) is 23.2. The normalized spacial score (nSPS) is 16.9. The molecule has 1 amide bonds. The van der Waals surface area contributed by atoms with E-state index in [9.17, 15) is 9.59 Å². The maximum absolute atomic E-state index is 12.1. The molecular weight excluding hydrogens is 322 g/mol. The smallest absolute Gasteiger partial charge is 0.303 e. The average Bonchev–Trinajstić information content (AvgIpc) is 2.75. The van der Waals surface area contributed by atoms with Gasteiger partial charge < -0.3 is 10.4 Å². The van der Waals surface area contributed by atoms with E-state index in [1.54, 1.807) is 0 Å². The molecule has 2 rings (SSSR count). The van der Waals surface area contributed by atoms with E-state index in [2.05, 4.69) is 21.2 Å². The van der Waals surface area contributed by atoms with Crippen LogP contribution in [0.4, 0.5) is 5.69 Å². The number of aliphatic carboxylic acids is 1. The quantitative estimate of drug-likeness (QED) is 0.856. The standard InChI is InChI=1S/C15H18BrNO3/c16-11-4-3-5-12(8-11)17-13(18)9-15(10-14(19)20)6-1-2-7-15/h3-5,8H,1-2,6-7,9-10H2,(H,17,18)(H,19,20). The van der Waals surface area contributed by atoms with E-state index >= 15 is 0 Å². The second-order valence-corrected chi connectivity index (χ2v) is 6.43. The van der Waals surface area contributed by atoms with Crippen LogP contribution in [0.15, 0.2) is 28.7 Å². The van der Waals surface area contributed by atoms with Crippen LogP contribution in [0.2, 0.25) is 0 Å². The summed E-state index contributed by atoms with van der Waals surface area (Å²) in [5.41, 5.74) is 0.370. The fraction of sp³-hybridized carbons (Fsp3) is 0.467. The van der Waals surface area contributed by atoms with Crippen molar-refractivity contribution in [3.63, 3.8) is 0 Å². The molecule has 1 fully saturated rings. The molecule has 5 heteroatoms. The first-order valence-corrected chi connectivity index (χ1v) is 7.56. The van der Waals surface area contributed by atoms with Crippen LogP contribution in [0.5, 0.6) is 0 Å². The topological polar surface area (TPSA) is 66.4 Å². The molecule has 0 aromatic heterocycles. The van der Waals surface area contributed by atoms with Gasteiger partial charge in [0.1, 0.15) is 0 Å². The molecule has 1 saturated carbocycles. The van der Waals surface area contributed by atoms with Crippen molar-refractivity contribution >= 4 is 33.5 Å². The lowest BCUT2D eigenvalue weighted by atomic mass is 9.79. The van der Waals surface area contributed by atoms with Gasteiger partial charge in [-0.1, -0.05) is 34.8 Å². The average molecular weight is 340 g/mol. The summed E-state index contributed by atoms with van der Waals surface area (Å²) >= 11 is 3.35. The van der Waals surface area contributed by atoms with Gasteiger partial charge in [-0.25, -0.2) is 0 Å². The van der Waals surface area contributed by atoms with Crippen molar-refractivity contribution in [1.29, 1.82) is 0 Å². The molecule has 0 spiro atoms. The number of carbonyl (C=O) groups excluding carboxylic acids is 1. The maximum Gasteiger partial charge on any atom is 0.303 e. The molecule has 1 aliphatic carbocycles. The summed E-state index contributed by atoms with van der Waals surface area (Å²) < 4.78 is 0.899. The fourth-order valence-corrected chi connectivity index (χ4v) is 3.37. The second-order valence-electron chi connectivity index (χ2n) is 5.51. The molecule has 0 unspecified atom stereocenters. The SMILES string of the molecule is O=C(O)CC1(CC(=O)Nc2cccc(Br)c2)CCCC1. The summed E-state index contributed by atoms with van der Waals surface area (Å²) in [5, 5.41) is 11.9. The highest BCUT2D eigenvalue weighted by Gasteiger charge is 2.37. The number of benzene rings is 1. The number of anilines is 1. The van der Waals surface area contributed by atoms with Crippen LogP contribution in [0.3, 0.4) is 0 Å². The van der Waals surface area contributed by atoms with Gasteiger partial charge in [-0.3, -0.25) is 9.59 Å². The van der Waals surface area contributed by atoms with Gasteiger partial charge >= 0.3 is 5.97 Å². The Morgan fingerprint density at radius 3 is 2.55 bits per heavy atom. The van der Waals surface area contributed by atoms with Gasteiger partial charge in [0.2, 0.25) is 5.91 Å². The number of rotatable bonds is 5. The number of carboxylic acid groups (broad SMARTS) is 1. The Balaban J connectivity index is 2.00. The summed E-state index contributed by atoms with van der Waals surface area (Å²) in [6.07, 6.45) is 4.04. The molecule has 1 aliphatic rings. The summed E-state index contributed by atoms with van der Waals surface area (Å²) in [7, 11) is 0. The third-order valence-electron chi connectivity index (χ3n) is 3.83. The number of halogens is 1. The van der Waals surface area contributed by atoms with Crippen molar-refractivity contribution in [2.75, 3.05) is 5.32 Å². The molecule has 4 nitrogen and oxygen atoms in total. The molecule has 0 atom stereocenters. The van der Waals surface area contributed by atoms with Crippen molar-refractivity contribution in [2.45, 2.75) is 38.5 Å². The van der Waals surface area contributed by atoms with E-state index in [-0.39, 0.29) is 24.2 Å². The zero-order chi connectivity index (χ0) is 14.6. The molecule has 1 aromatic rings. The molecule has 0 saturated heterocycles. The highest BCUT2D eigenvalue weighted by atomic mass is 79.9. The molecule has 1 aromatic carbocycles. The first kappa shape index (κ1) is 15.0. The van der Waals surface area contributed by atoms with Crippen LogP contribution in [0, 0.1) is 5.41 Å². The van der Waals surface area contributed by atoms with E-state index in [1.807, 2.05) is 24.3 Å². The number of nitrogens with one attached hydrogen (secondary N) is 1. The van der Waals surface area contributed by atoms with Gasteiger partial charge in [0.25, 0.3) is 0 Å². The maximum atomic E-state index is 12.1. The van der Waals surface area contributed by atoms with Crippen LogP contribution in [-0.2, 0) is 9.59 Å². The van der Waals surface area contributed by atoms with Gasteiger partial charge in [0, 0.05) is 16.6 Å². The first-order valence-electron chi connectivity index (χ1n) is 6.76. The van der Waals surface area contributed by atoms with Gasteiger partial charge in [0.05, 0.1) is 6.42 Å². The van der Waals surface area contributed by atoms with Crippen LogP contribution < -0.4 is 5.32 Å². The Bertz CT molecular complexity index is 510. The monoisotopic (exact) mass is 339 g/mol. The van der Waals surface area contributed by atoms with Crippen molar-refractivity contribution in [1.82, 2.24) is 0 Å². The Morgan fingerprint density at radius 1 is 1.25 bits per heavy atom. The predicted molar refractivity (Wildman–Crippen MR) is 80.5 cm³/mol. The Kier molecular flexibility index (Phi) is 4.81. The van der Waals surface area contributed by atoms with E-state index in [0.717, 1.165) is 35.8 Å². The lowest BCUT2D eigenvalue weighted by Crippen LogP contribution is -2.27. The van der Waals surface area contributed by atoms with Crippen molar-refractivity contribution in [3.05, 3.63) is 28.7 Å². The third kappa shape index (κ3) is 4.07. The molecule has 0 heterocycles. The van der Waals surface area contributed by atoms with Gasteiger partial charge in [-0.05, 0) is 36.5 Å². The first-order chi connectivity index (χ1) is 9.49. The molecular formula is C15H18BrNO3. The van der Waals surface area contributed by atoms with Crippen LogP contribution in [0.25, 0.3) is 0 Å². The zero-order valence-electron chi connectivity index (χ0n) is 11.2. The van der Waals surface area contributed by atoms with Crippen molar-refractivity contribution in [3.8, 4) is 0 Å². The highest BCUT2D eigenvalue weighted by molar-refractivity contribution is 9.10. The highest BCUT2D eigenvalue weighted by Crippen LogP contribution is 2.44. The largest absolute Gasteiger partial charge is 0.481 e. The van der Waals surface area contributed by atoms with Gasteiger partial charge in [-0.15, -0.1) is 0 Å². The minimum atomic E-state index is -0.817. The zero-order valence-corrected chi connectivity index (χ0v) is 12.8. The Hall–Kier alpha value is -1.36. The van der Waals surface area contributed by atoms with Crippen LogP contribution >= 0.6 is 15.9 Å².